The first-order chi connectivity index (χ1) is 8.56. The van der Waals surface area contributed by atoms with Crippen molar-refractivity contribution >= 4 is 18.5 Å². The third-order valence-corrected chi connectivity index (χ3v) is 3.23. The number of unbranched alkanes of at least 4 members (excludes halogenated alkanes) is 2. The molecule has 1 N–H and O–H groups in total. The van der Waals surface area contributed by atoms with Crippen LogP contribution >= 0.6 is 12.6 Å². The molecule has 0 saturated carbocycles. The number of amides is 1. The summed E-state index contributed by atoms with van der Waals surface area (Å²) in [5.74, 6) is 0.0346. The molecule has 4 heteroatoms. The van der Waals surface area contributed by atoms with E-state index in [-0.39, 0.29) is 12.5 Å². The zero-order valence-corrected chi connectivity index (χ0v) is 11.9. The molecule has 3 nitrogen and oxygen atoms in total. The van der Waals surface area contributed by atoms with Gasteiger partial charge in [0.15, 0.2) is 0 Å². The molecule has 1 amide bonds. The maximum absolute atomic E-state index is 12.2. The Morgan fingerprint density at radius 2 is 2.06 bits per heavy atom. The summed E-state index contributed by atoms with van der Waals surface area (Å²) in [6.45, 7) is 2.87. The minimum absolute atomic E-state index is 0.0346. The molecule has 0 spiro atoms. The fourth-order valence-electron chi connectivity index (χ4n) is 1.79. The largest absolute Gasteiger partial charge is 0.396 e. The van der Waals surface area contributed by atoms with Crippen LogP contribution in [0, 0.1) is 6.92 Å². The lowest BCUT2D eigenvalue weighted by Gasteiger charge is -2.18. The van der Waals surface area contributed by atoms with E-state index in [1.54, 1.807) is 4.90 Å². The van der Waals surface area contributed by atoms with E-state index in [0.717, 1.165) is 36.3 Å². The summed E-state index contributed by atoms with van der Waals surface area (Å²) in [4.78, 5) is 14.8. The average Bonchev–Trinajstić information content (AvgIpc) is 2.36. The van der Waals surface area contributed by atoms with Crippen molar-refractivity contribution in [3.05, 3.63) is 29.3 Å². The third kappa shape index (κ3) is 4.35. The van der Waals surface area contributed by atoms with E-state index in [0.29, 0.717) is 5.56 Å². The molecule has 18 heavy (non-hydrogen) atoms. The van der Waals surface area contributed by atoms with Crippen molar-refractivity contribution in [2.24, 2.45) is 0 Å². The van der Waals surface area contributed by atoms with Gasteiger partial charge in [-0.1, -0.05) is 6.07 Å². The van der Waals surface area contributed by atoms with Crippen LogP contribution < -0.4 is 0 Å². The molecule has 0 radical (unpaired) electrons. The number of nitrogens with zero attached hydrogens (tertiary/aromatic N) is 1. The van der Waals surface area contributed by atoms with Crippen LogP contribution in [0.5, 0.6) is 0 Å². The van der Waals surface area contributed by atoms with E-state index in [2.05, 4.69) is 12.6 Å². The molecule has 0 aromatic heterocycles. The van der Waals surface area contributed by atoms with Crippen LogP contribution in [0.4, 0.5) is 0 Å². The quantitative estimate of drug-likeness (QED) is 0.614. The Morgan fingerprint density at radius 1 is 1.33 bits per heavy atom. The number of benzene rings is 1. The zero-order chi connectivity index (χ0) is 13.5. The number of hydrogen-bond acceptors (Lipinski definition) is 3. The van der Waals surface area contributed by atoms with E-state index in [1.165, 1.54) is 0 Å². The molecule has 1 rings (SSSR count). The number of aliphatic hydroxyl groups is 1. The SMILES string of the molecule is Cc1ccc(S)cc1C(=O)N(C)CCCCCO. The Labute approximate surface area is 114 Å². The van der Waals surface area contributed by atoms with Gasteiger partial charge in [-0.3, -0.25) is 4.79 Å². The first kappa shape index (κ1) is 15.1. The smallest absolute Gasteiger partial charge is 0.253 e. The summed E-state index contributed by atoms with van der Waals surface area (Å²) < 4.78 is 0. The lowest BCUT2D eigenvalue weighted by molar-refractivity contribution is 0.0791. The first-order valence-electron chi connectivity index (χ1n) is 6.22. The first-order valence-corrected chi connectivity index (χ1v) is 6.67. The molecule has 0 heterocycles. The molecular weight excluding hydrogens is 246 g/mol. The Balaban J connectivity index is 2.60. The van der Waals surface area contributed by atoms with Gasteiger partial charge >= 0.3 is 0 Å². The fraction of sp³-hybridized carbons (Fsp3) is 0.500. The van der Waals surface area contributed by atoms with E-state index < -0.39 is 0 Å². The molecule has 0 aliphatic rings. The Morgan fingerprint density at radius 3 is 2.72 bits per heavy atom. The predicted octanol–water partition coefficient (Wildman–Crippen LogP) is 2.52. The van der Waals surface area contributed by atoms with Crippen LogP contribution in [0.3, 0.4) is 0 Å². The van der Waals surface area contributed by atoms with Crippen molar-refractivity contribution in [1.82, 2.24) is 4.90 Å². The predicted molar refractivity (Wildman–Crippen MR) is 76.3 cm³/mol. The van der Waals surface area contributed by atoms with Crippen molar-refractivity contribution in [2.75, 3.05) is 20.2 Å². The van der Waals surface area contributed by atoms with E-state index in [1.807, 2.05) is 32.2 Å². The van der Waals surface area contributed by atoms with Gasteiger partial charge in [-0.15, -0.1) is 12.6 Å². The van der Waals surface area contributed by atoms with Gasteiger partial charge in [-0.25, -0.2) is 0 Å². The summed E-state index contributed by atoms with van der Waals surface area (Å²) >= 11 is 4.26. The van der Waals surface area contributed by atoms with Crippen LogP contribution in [-0.4, -0.2) is 36.1 Å². The van der Waals surface area contributed by atoms with Gasteiger partial charge in [0, 0.05) is 30.7 Å². The number of rotatable bonds is 6. The van der Waals surface area contributed by atoms with Crippen molar-refractivity contribution in [2.45, 2.75) is 31.1 Å². The maximum atomic E-state index is 12.2. The second kappa shape index (κ2) is 7.44. The summed E-state index contributed by atoms with van der Waals surface area (Å²) in [7, 11) is 1.81. The van der Waals surface area contributed by atoms with Crippen molar-refractivity contribution in [3.8, 4) is 0 Å². The standard InChI is InChI=1S/C14H21NO2S/c1-11-6-7-12(18)10-13(11)14(17)15(2)8-4-3-5-9-16/h6-7,10,16,18H,3-5,8-9H2,1-2H3. The third-order valence-electron chi connectivity index (χ3n) is 2.95. The minimum Gasteiger partial charge on any atom is -0.396 e. The highest BCUT2D eigenvalue weighted by atomic mass is 32.1. The van der Waals surface area contributed by atoms with Gasteiger partial charge in [0.2, 0.25) is 0 Å². The maximum Gasteiger partial charge on any atom is 0.253 e. The second-order valence-corrected chi connectivity index (χ2v) is 5.03. The van der Waals surface area contributed by atoms with E-state index in [4.69, 9.17) is 5.11 Å². The highest BCUT2D eigenvalue weighted by Crippen LogP contribution is 2.16. The summed E-state index contributed by atoms with van der Waals surface area (Å²) in [5, 5.41) is 8.70. The zero-order valence-electron chi connectivity index (χ0n) is 11.0. The topological polar surface area (TPSA) is 40.5 Å². The molecule has 0 atom stereocenters. The molecule has 100 valence electrons. The number of hydrogen-bond donors (Lipinski definition) is 2. The summed E-state index contributed by atoms with van der Waals surface area (Å²) in [6.07, 6.45) is 2.66. The highest BCUT2D eigenvalue weighted by molar-refractivity contribution is 7.80. The molecule has 0 aliphatic carbocycles. The van der Waals surface area contributed by atoms with Crippen LogP contribution in [-0.2, 0) is 0 Å². The normalized spacial score (nSPS) is 10.4. The number of carbonyl (C=O) groups excluding carboxylic acids is 1. The monoisotopic (exact) mass is 267 g/mol. The van der Waals surface area contributed by atoms with Crippen molar-refractivity contribution in [1.29, 1.82) is 0 Å². The number of aliphatic hydroxyl groups excluding tert-OH is 1. The van der Waals surface area contributed by atoms with Crippen molar-refractivity contribution < 1.29 is 9.90 Å². The van der Waals surface area contributed by atoms with Gasteiger partial charge < -0.3 is 10.0 Å². The van der Waals surface area contributed by atoms with Crippen LogP contribution in [0.15, 0.2) is 23.1 Å². The average molecular weight is 267 g/mol. The van der Waals surface area contributed by atoms with E-state index >= 15 is 0 Å². The van der Waals surface area contributed by atoms with Crippen molar-refractivity contribution in [3.63, 3.8) is 0 Å². The summed E-state index contributed by atoms with van der Waals surface area (Å²) in [6, 6.07) is 5.61. The van der Waals surface area contributed by atoms with Gasteiger partial charge in [0.1, 0.15) is 0 Å². The Bertz CT molecular complexity index is 407. The molecule has 1 aromatic carbocycles. The Kier molecular flexibility index (Phi) is 6.22. The van der Waals surface area contributed by atoms with Gasteiger partial charge in [0.25, 0.3) is 5.91 Å². The highest BCUT2D eigenvalue weighted by Gasteiger charge is 2.13. The molecule has 0 saturated heterocycles. The molecule has 0 aliphatic heterocycles. The lowest BCUT2D eigenvalue weighted by Crippen LogP contribution is -2.28. The van der Waals surface area contributed by atoms with Crippen LogP contribution in [0.2, 0.25) is 0 Å². The van der Waals surface area contributed by atoms with Gasteiger partial charge in [0.05, 0.1) is 0 Å². The van der Waals surface area contributed by atoms with Gasteiger partial charge in [-0.05, 0) is 43.9 Å². The lowest BCUT2D eigenvalue weighted by atomic mass is 10.1. The molecule has 0 unspecified atom stereocenters. The second-order valence-electron chi connectivity index (χ2n) is 4.51. The molecule has 1 aromatic rings. The fourth-order valence-corrected chi connectivity index (χ4v) is 1.99. The number of aryl methyl sites for hydroxylation is 1. The molecular formula is C14H21NO2S. The van der Waals surface area contributed by atoms with E-state index in [9.17, 15) is 4.79 Å². The number of thiol groups is 1. The molecule has 0 fully saturated rings. The Hall–Kier alpha value is -1.00. The van der Waals surface area contributed by atoms with Crippen LogP contribution in [0.1, 0.15) is 35.2 Å². The van der Waals surface area contributed by atoms with Crippen LogP contribution in [0.25, 0.3) is 0 Å². The summed E-state index contributed by atoms with van der Waals surface area (Å²) in [5.41, 5.74) is 1.69. The minimum atomic E-state index is 0.0346. The molecule has 0 bridgehead atoms. The van der Waals surface area contributed by atoms with Gasteiger partial charge in [-0.2, -0.15) is 0 Å². The number of carbonyl (C=O) groups is 1.